The van der Waals surface area contributed by atoms with Crippen LogP contribution in [0.5, 0.6) is 0 Å². The Morgan fingerprint density at radius 1 is 1.24 bits per heavy atom. The van der Waals surface area contributed by atoms with Gasteiger partial charge in [-0.05, 0) is 17.7 Å². The lowest BCUT2D eigenvalue weighted by Gasteiger charge is -2.40. The molecule has 2 N–H and O–H groups in total. The van der Waals surface area contributed by atoms with Crippen molar-refractivity contribution in [2.75, 3.05) is 32.8 Å². The van der Waals surface area contributed by atoms with E-state index in [-0.39, 0.29) is 17.9 Å². The van der Waals surface area contributed by atoms with E-state index in [1.165, 1.54) is 6.07 Å². The highest BCUT2D eigenvalue weighted by Crippen LogP contribution is 2.13. The number of benzene rings is 1. The molecule has 0 saturated carbocycles. The fraction of sp³-hybridized carbons (Fsp3) is 0.533. The van der Waals surface area contributed by atoms with Gasteiger partial charge in [0, 0.05) is 32.7 Å². The molecule has 1 unspecified atom stereocenters. The molecule has 1 atom stereocenters. The quantitative estimate of drug-likeness (QED) is 0.843. The highest BCUT2D eigenvalue weighted by atomic mass is 19.1. The summed E-state index contributed by atoms with van der Waals surface area (Å²) in [4.78, 5) is 16.1. The van der Waals surface area contributed by atoms with Gasteiger partial charge < -0.3 is 5.32 Å². The molecular weight excluding hydrogens is 271 g/mol. The molecule has 0 bridgehead atoms. The number of amides is 1. The molecule has 0 aromatic heterocycles. The van der Waals surface area contributed by atoms with Gasteiger partial charge in [-0.15, -0.1) is 0 Å². The number of piperazine rings is 1. The molecule has 21 heavy (non-hydrogen) atoms. The SMILES string of the molecule is O=C1CC(N2CCN(Cc3cccc(F)c3)CC2)NCN1. The summed E-state index contributed by atoms with van der Waals surface area (Å²) in [6.07, 6.45) is 0.666. The zero-order valence-corrected chi connectivity index (χ0v) is 12.0. The molecule has 1 aromatic rings. The molecule has 0 radical (unpaired) electrons. The summed E-state index contributed by atoms with van der Waals surface area (Å²) in [5, 5.41) is 6.09. The lowest BCUT2D eigenvalue weighted by molar-refractivity contribution is -0.125. The fourth-order valence-corrected chi connectivity index (χ4v) is 2.97. The minimum absolute atomic E-state index is 0.112. The first-order valence-corrected chi connectivity index (χ1v) is 7.41. The third kappa shape index (κ3) is 3.78. The number of hydrogen-bond donors (Lipinski definition) is 2. The Morgan fingerprint density at radius 2 is 2.05 bits per heavy atom. The van der Waals surface area contributed by atoms with E-state index in [9.17, 15) is 9.18 Å². The Labute approximate surface area is 124 Å². The van der Waals surface area contributed by atoms with Crippen LogP contribution in [0.1, 0.15) is 12.0 Å². The Bertz CT molecular complexity index is 502. The van der Waals surface area contributed by atoms with Crippen molar-refractivity contribution in [3.05, 3.63) is 35.6 Å². The van der Waals surface area contributed by atoms with Crippen molar-refractivity contribution in [3.8, 4) is 0 Å². The Hall–Kier alpha value is -1.50. The van der Waals surface area contributed by atoms with Crippen LogP contribution >= 0.6 is 0 Å². The molecule has 2 aliphatic rings. The molecule has 1 amide bonds. The van der Waals surface area contributed by atoms with E-state index in [0.717, 1.165) is 38.3 Å². The molecule has 2 saturated heterocycles. The summed E-state index contributed by atoms with van der Waals surface area (Å²) in [5.41, 5.74) is 1.01. The van der Waals surface area contributed by atoms with Crippen LogP contribution in [0.3, 0.4) is 0 Å². The van der Waals surface area contributed by atoms with Crippen molar-refractivity contribution in [1.29, 1.82) is 0 Å². The van der Waals surface area contributed by atoms with Gasteiger partial charge in [-0.1, -0.05) is 12.1 Å². The number of nitrogens with one attached hydrogen (secondary N) is 2. The van der Waals surface area contributed by atoms with Crippen LogP contribution in [0.4, 0.5) is 4.39 Å². The van der Waals surface area contributed by atoms with Crippen molar-refractivity contribution >= 4 is 5.91 Å². The first-order chi connectivity index (χ1) is 10.2. The van der Waals surface area contributed by atoms with Gasteiger partial charge in [0.25, 0.3) is 0 Å². The highest BCUT2D eigenvalue weighted by Gasteiger charge is 2.27. The second-order valence-electron chi connectivity index (χ2n) is 5.64. The first kappa shape index (κ1) is 14.4. The summed E-state index contributed by atoms with van der Waals surface area (Å²) in [6.45, 7) is 5.07. The van der Waals surface area contributed by atoms with Crippen LogP contribution in [0.25, 0.3) is 0 Å². The minimum atomic E-state index is -0.177. The zero-order chi connectivity index (χ0) is 14.7. The van der Waals surface area contributed by atoms with Gasteiger partial charge in [0.1, 0.15) is 5.82 Å². The lowest BCUT2D eigenvalue weighted by atomic mass is 10.1. The van der Waals surface area contributed by atoms with Crippen molar-refractivity contribution < 1.29 is 9.18 Å². The van der Waals surface area contributed by atoms with E-state index in [4.69, 9.17) is 0 Å². The fourth-order valence-electron chi connectivity index (χ4n) is 2.97. The van der Waals surface area contributed by atoms with Crippen molar-refractivity contribution in [2.45, 2.75) is 19.1 Å². The standard InChI is InChI=1S/C15H21FN4O/c16-13-3-1-2-12(8-13)10-19-4-6-20(7-5-19)14-9-15(21)18-11-17-14/h1-3,8,14,17H,4-7,9-11H2,(H,18,21). The number of halogens is 1. The lowest BCUT2D eigenvalue weighted by Crippen LogP contribution is -2.60. The molecule has 0 aliphatic carbocycles. The predicted molar refractivity (Wildman–Crippen MR) is 77.8 cm³/mol. The van der Waals surface area contributed by atoms with Crippen molar-refractivity contribution in [2.24, 2.45) is 0 Å². The highest BCUT2D eigenvalue weighted by molar-refractivity contribution is 5.77. The van der Waals surface area contributed by atoms with E-state index >= 15 is 0 Å². The normalized spacial score (nSPS) is 24.8. The van der Waals surface area contributed by atoms with Crippen LogP contribution in [0.2, 0.25) is 0 Å². The van der Waals surface area contributed by atoms with Crippen molar-refractivity contribution in [3.63, 3.8) is 0 Å². The predicted octanol–water partition coefficient (Wildman–Crippen LogP) is 0.336. The number of nitrogens with zero attached hydrogens (tertiary/aromatic N) is 2. The third-order valence-corrected chi connectivity index (χ3v) is 4.14. The maximum absolute atomic E-state index is 13.2. The summed E-state index contributed by atoms with van der Waals surface area (Å²) in [5.74, 6) is -0.0653. The maximum atomic E-state index is 13.2. The van der Waals surface area contributed by atoms with Crippen LogP contribution in [-0.4, -0.2) is 54.7 Å². The summed E-state index contributed by atoms with van der Waals surface area (Å²) in [6, 6.07) is 6.79. The smallest absolute Gasteiger partial charge is 0.223 e. The molecule has 2 fully saturated rings. The maximum Gasteiger partial charge on any atom is 0.223 e. The van der Waals surface area contributed by atoms with Crippen LogP contribution < -0.4 is 10.6 Å². The van der Waals surface area contributed by atoms with Gasteiger partial charge in [0.2, 0.25) is 5.91 Å². The number of carbonyl (C=O) groups is 1. The second-order valence-corrected chi connectivity index (χ2v) is 5.64. The number of hydrogen-bond acceptors (Lipinski definition) is 4. The molecule has 3 rings (SSSR count). The molecule has 2 aliphatic heterocycles. The monoisotopic (exact) mass is 292 g/mol. The topological polar surface area (TPSA) is 47.6 Å². The van der Waals surface area contributed by atoms with E-state index in [1.54, 1.807) is 12.1 Å². The van der Waals surface area contributed by atoms with E-state index in [1.807, 2.05) is 6.07 Å². The summed E-state index contributed by atoms with van der Waals surface area (Å²) < 4.78 is 13.2. The molecule has 5 nitrogen and oxygen atoms in total. The number of carbonyl (C=O) groups excluding carboxylic acids is 1. The Kier molecular flexibility index (Phi) is 4.48. The van der Waals surface area contributed by atoms with Gasteiger partial charge in [-0.25, -0.2) is 4.39 Å². The Balaban J connectivity index is 1.49. The third-order valence-electron chi connectivity index (χ3n) is 4.14. The minimum Gasteiger partial charge on any atom is -0.343 e. The van der Waals surface area contributed by atoms with Gasteiger partial charge in [0.05, 0.1) is 19.3 Å². The molecule has 114 valence electrons. The van der Waals surface area contributed by atoms with E-state index in [0.29, 0.717) is 13.1 Å². The summed E-state index contributed by atoms with van der Waals surface area (Å²) in [7, 11) is 0. The molecule has 1 aromatic carbocycles. The molecular formula is C15H21FN4O. The summed E-state index contributed by atoms with van der Waals surface area (Å²) >= 11 is 0. The number of rotatable bonds is 3. The van der Waals surface area contributed by atoms with Gasteiger partial charge in [-0.3, -0.25) is 19.9 Å². The van der Waals surface area contributed by atoms with Gasteiger partial charge in [-0.2, -0.15) is 0 Å². The van der Waals surface area contributed by atoms with Crippen LogP contribution in [-0.2, 0) is 11.3 Å². The average molecular weight is 292 g/mol. The molecule has 0 spiro atoms. The van der Waals surface area contributed by atoms with Gasteiger partial charge in [0.15, 0.2) is 0 Å². The first-order valence-electron chi connectivity index (χ1n) is 7.41. The second kappa shape index (κ2) is 6.51. The van der Waals surface area contributed by atoms with Crippen LogP contribution in [0.15, 0.2) is 24.3 Å². The van der Waals surface area contributed by atoms with Gasteiger partial charge >= 0.3 is 0 Å². The van der Waals surface area contributed by atoms with Crippen molar-refractivity contribution in [1.82, 2.24) is 20.4 Å². The van der Waals surface area contributed by atoms with E-state index in [2.05, 4.69) is 20.4 Å². The Morgan fingerprint density at radius 3 is 2.76 bits per heavy atom. The molecule has 6 heteroatoms. The molecule has 2 heterocycles. The largest absolute Gasteiger partial charge is 0.343 e. The zero-order valence-electron chi connectivity index (χ0n) is 12.0. The van der Waals surface area contributed by atoms with Crippen LogP contribution in [0, 0.1) is 5.82 Å². The average Bonchev–Trinajstić information content (AvgIpc) is 2.48. The van der Waals surface area contributed by atoms with E-state index < -0.39 is 0 Å².